The van der Waals surface area contributed by atoms with E-state index in [-0.39, 0.29) is 18.4 Å². The summed E-state index contributed by atoms with van der Waals surface area (Å²) in [5.41, 5.74) is 2.96. The lowest BCUT2D eigenvalue weighted by molar-refractivity contribution is -0.116. The van der Waals surface area contributed by atoms with E-state index < -0.39 is 0 Å². The van der Waals surface area contributed by atoms with E-state index in [1.54, 1.807) is 13.0 Å². The zero-order valence-electron chi connectivity index (χ0n) is 17.2. The van der Waals surface area contributed by atoms with Crippen molar-refractivity contribution in [2.24, 2.45) is 0 Å². The molecule has 2 rings (SSSR count). The van der Waals surface area contributed by atoms with Gasteiger partial charge in [0.05, 0.1) is 13.2 Å². The fraction of sp³-hybridized carbons (Fsp3) is 0.364. The number of nitrogens with one attached hydrogen (secondary N) is 3. The normalized spacial score (nSPS) is 10.3. The highest BCUT2D eigenvalue weighted by atomic mass is 16.5. The Balaban J connectivity index is 1.89. The number of hydrogen-bond acceptors (Lipinski definition) is 5. The van der Waals surface area contributed by atoms with Gasteiger partial charge in [0, 0.05) is 36.2 Å². The van der Waals surface area contributed by atoms with Crippen molar-refractivity contribution in [3.05, 3.63) is 48.0 Å². The predicted molar refractivity (Wildman–Crippen MR) is 116 cm³/mol. The van der Waals surface area contributed by atoms with Gasteiger partial charge in [-0.2, -0.15) is 0 Å². The molecule has 0 spiro atoms. The van der Waals surface area contributed by atoms with E-state index in [0.717, 1.165) is 11.3 Å². The maximum Gasteiger partial charge on any atom is 0.243 e. The molecule has 0 fully saturated rings. The number of hydrogen-bond donors (Lipinski definition) is 3. The molecule has 2 amide bonds. The molecular formula is C22H29N3O4. The molecular weight excluding hydrogens is 370 g/mol. The highest BCUT2D eigenvalue weighted by Crippen LogP contribution is 2.23. The van der Waals surface area contributed by atoms with Gasteiger partial charge >= 0.3 is 0 Å². The summed E-state index contributed by atoms with van der Waals surface area (Å²) in [6.07, 6.45) is 0.397. The van der Waals surface area contributed by atoms with E-state index in [1.165, 1.54) is 0 Å². The number of anilines is 3. The van der Waals surface area contributed by atoms with Crippen molar-refractivity contribution in [2.75, 3.05) is 42.3 Å². The molecule has 0 bridgehead atoms. The minimum absolute atomic E-state index is 0.0680. The maximum absolute atomic E-state index is 12.3. The standard InChI is InChI=1S/C22H29N3O4/c1-4-21(26)24-19-10-7-11-20(16(19)3)25-22(27)15-23-17-8-6-9-18(14-17)29-13-12-28-5-2/h6-11,14,23H,4-5,12-13,15H2,1-3H3,(H,24,26)(H,25,27). The van der Waals surface area contributed by atoms with Crippen LogP contribution in [0.2, 0.25) is 0 Å². The fourth-order valence-electron chi connectivity index (χ4n) is 2.58. The Morgan fingerprint density at radius 2 is 1.62 bits per heavy atom. The molecule has 0 saturated carbocycles. The van der Waals surface area contributed by atoms with Crippen LogP contribution in [0.1, 0.15) is 25.8 Å². The first kappa shape index (κ1) is 22.2. The Morgan fingerprint density at radius 1 is 0.931 bits per heavy atom. The van der Waals surface area contributed by atoms with Crippen LogP contribution in [-0.2, 0) is 14.3 Å². The maximum atomic E-state index is 12.3. The molecule has 0 saturated heterocycles. The van der Waals surface area contributed by atoms with E-state index in [4.69, 9.17) is 9.47 Å². The molecule has 7 nitrogen and oxygen atoms in total. The molecule has 0 unspecified atom stereocenters. The molecule has 0 atom stereocenters. The summed E-state index contributed by atoms with van der Waals surface area (Å²) in [5, 5.41) is 8.80. The van der Waals surface area contributed by atoms with Crippen LogP contribution in [-0.4, -0.2) is 38.2 Å². The van der Waals surface area contributed by atoms with Gasteiger partial charge in [-0.15, -0.1) is 0 Å². The zero-order chi connectivity index (χ0) is 21.1. The largest absolute Gasteiger partial charge is 0.491 e. The lowest BCUT2D eigenvalue weighted by atomic mass is 10.1. The molecule has 0 aliphatic carbocycles. The van der Waals surface area contributed by atoms with Crippen molar-refractivity contribution in [3.8, 4) is 5.75 Å². The van der Waals surface area contributed by atoms with Crippen LogP contribution in [0.15, 0.2) is 42.5 Å². The lowest BCUT2D eigenvalue weighted by Gasteiger charge is -2.14. The molecule has 29 heavy (non-hydrogen) atoms. The first-order chi connectivity index (χ1) is 14.0. The van der Waals surface area contributed by atoms with Crippen molar-refractivity contribution < 1.29 is 19.1 Å². The molecule has 0 aliphatic heterocycles. The minimum Gasteiger partial charge on any atom is -0.491 e. The average molecular weight is 399 g/mol. The summed E-state index contributed by atoms with van der Waals surface area (Å²) < 4.78 is 10.9. The highest BCUT2D eigenvalue weighted by Gasteiger charge is 2.09. The average Bonchev–Trinajstić information content (AvgIpc) is 2.73. The summed E-state index contributed by atoms with van der Waals surface area (Å²) in [4.78, 5) is 24.0. The lowest BCUT2D eigenvalue weighted by Crippen LogP contribution is -2.22. The molecule has 2 aromatic rings. The molecule has 0 radical (unpaired) electrons. The molecule has 0 aromatic heterocycles. The quantitative estimate of drug-likeness (QED) is 0.500. The van der Waals surface area contributed by atoms with Gasteiger partial charge < -0.3 is 25.4 Å². The van der Waals surface area contributed by atoms with Crippen molar-refractivity contribution in [3.63, 3.8) is 0 Å². The van der Waals surface area contributed by atoms with E-state index in [1.807, 2.05) is 50.2 Å². The van der Waals surface area contributed by atoms with Gasteiger partial charge in [0.15, 0.2) is 0 Å². The van der Waals surface area contributed by atoms with Gasteiger partial charge in [-0.3, -0.25) is 9.59 Å². The predicted octanol–water partition coefficient (Wildman–Crippen LogP) is 3.81. The third kappa shape index (κ3) is 7.46. The first-order valence-electron chi connectivity index (χ1n) is 9.77. The summed E-state index contributed by atoms with van der Waals surface area (Å²) >= 11 is 0. The molecule has 3 N–H and O–H groups in total. The van der Waals surface area contributed by atoms with Crippen LogP contribution in [0.3, 0.4) is 0 Å². The Labute approximate surface area is 171 Å². The monoisotopic (exact) mass is 399 g/mol. The second-order valence-electron chi connectivity index (χ2n) is 6.35. The van der Waals surface area contributed by atoms with E-state index in [9.17, 15) is 9.59 Å². The van der Waals surface area contributed by atoms with Crippen LogP contribution in [0.4, 0.5) is 17.1 Å². The second kappa shape index (κ2) is 11.7. The smallest absolute Gasteiger partial charge is 0.243 e. The van der Waals surface area contributed by atoms with E-state index in [2.05, 4.69) is 16.0 Å². The van der Waals surface area contributed by atoms with E-state index >= 15 is 0 Å². The Hall–Kier alpha value is -3.06. The fourth-order valence-corrected chi connectivity index (χ4v) is 2.58. The molecule has 156 valence electrons. The molecule has 2 aromatic carbocycles. The third-order valence-electron chi connectivity index (χ3n) is 4.19. The molecule has 0 aliphatic rings. The number of carbonyl (C=O) groups excluding carboxylic acids is 2. The highest BCUT2D eigenvalue weighted by molar-refractivity contribution is 5.97. The Kier molecular flexibility index (Phi) is 8.98. The van der Waals surface area contributed by atoms with Crippen LogP contribution in [0.25, 0.3) is 0 Å². The van der Waals surface area contributed by atoms with Gasteiger partial charge in [-0.05, 0) is 43.7 Å². The molecule has 0 heterocycles. The van der Waals surface area contributed by atoms with Crippen molar-refractivity contribution >= 4 is 28.9 Å². The van der Waals surface area contributed by atoms with Crippen molar-refractivity contribution in [1.29, 1.82) is 0 Å². The van der Waals surface area contributed by atoms with Crippen LogP contribution < -0.4 is 20.7 Å². The number of benzene rings is 2. The van der Waals surface area contributed by atoms with Crippen LogP contribution >= 0.6 is 0 Å². The first-order valence-corrected chi connectivity index (χ1v) is 9.77. The third-order valence-corrected chi connectivity index (χ3v) is 4.19. The number of ether oxygens (including phenoxy) is 2. The summed E-state index contributed by atoms with van der Waals surface area (Å²) in [6, 6.07) is 12.8. The van der Waals surface area contributed by atoms with E-state index in [0.29, 0.717) is 43.4 Å². The summed E-state index contributed by atoms with van der Waals surface area (Å²) in [5.74, 6) is 0.460. The zero-order valence-corrected chi connectivity index (χ0v) is 17.2. The number of rotatable bonds is 11. The molecule has 7 heteroatoms. The SMILES string of the molecule is CCOCCOc1cccc(NCC(=O)Nc2cccc(NC(=O)CC)c2C)c1. The summed E-state index contributed by atoms with van der Waals surface area (Å²) in [7, 11) is 0. The van der Waals surface area contributed by atoms with Crippen molar-refractivity contribution in [2.45, 2.75) is 27.2 Å². The van der Waals surface area contributed by atoms with Gasteiger partial charge in [0.2, 0.25) is 11.8 Å². The Bertz CT molecular complexity index is 823. The van der Waals surface area contributed by atoms with Gasteiger partial charge in [-0.25, -0.2) is 0 Å². The Morgan fingerprint density at radius 3 is 2.31 bits per heavy atom. The number of carbonyl (C=O) groups is 2. The summed E-state index contributed by atoms with van der Waals surface area (Å²) in [6.45, 7) is 7.36. The minimum atomic E-state index is -0.185. The van der Waals surface area contributed by atoms with Gasteiger partial charge in [0.25, 0.3) is 0 Å². The topological polar surface area (TPSA) is 88.7 Å². The second-order valence-corrected chi connectivity index (χ2v) is 6.35. The van der Waals surface area contributed by atoms with Gasteiger partial charge in [-0.1, -0.05) is 19.1 Å². The van der Waals surface area contributed by atoms with Crippen LogP contribution in [0.5, 0.6) is 5.75 Å². The van der Waals surface area contributed by atoms with Gasteiger partial charge in [0.1, 0.15) is 12.4 Å². The number of amides is 2. The van der Waals surface area contributed by atoms with Crippen LogP contribution in [0, 0.1) is 6.92 Å². The van der Waals surface area contributed by atoms with Crippen molar-refractivity contribution in [1.82, 2.24) is 0 Å².